The lowest BCUT2D eigenvalue weighted by atomic mass is 9.95. The highest BCUT2D eigenvalue weighted by Gasteiger charge is 2.35. The average Bonchev–Trinajstić information content (AvgIpc) is 3.29. The van der Waals surface area contributed by atoms with Crippen LogP contribution in [0.5, 0.6) is 11.5 Å². The van der Waals surface area contributed by atoms with E-state index < -0.39 is 47.3 Å². The standard InChI is InChI=1S/C53H56F6O8/c1-4-7-9-13-35-15-21-42(46(27-35)53(57,58)59)44-29-37-17-19-39(31-48(37)66-50(44)60)64-33-41(63-26-12-24-52(55,56)23-11-25-62-6-3)34-65-40-20-18-38-30-45(51(61)67-49(38)32-40)43-22-16-36(28-47(43)54)14-10-8-5-2/h6,15-22,27-32,41H,3-5,7-14,23-26,33-34H2,1-2H3. The Balaban J connectivity index is 1.17. The maximum atomic E-state index is 15.2. The molecule has 2 heterocycles. The van der Waals surface area contributed by atoms with Gasteiger partial charge in [0.25, 0.3) is 0 Å². The molecule has 358 valence electrons. The fourth-order valence-electron chi connectivity index (χ4n) is 7.77. The molecular weight excluding hydrogens is 879 g/mol. The molecule has 0 saturated heterocycles. The maximum absolute atomic E-state index is 15.2. The minimum atomic E-state index is -4.71. The third-order valence-corrected chi connectivity index (χ3v) is 11.4. The van der Waals surface area contributed by atoms with Crippen molar-refractivity contribution in [2.75, 3.05) is 26.4 Å². The molecule has 0 radical (unpaired) electrons. The van der Waals surface area contributed by atoms with Crippen molar-refractivity contribution in [3.8, 4) is 33.8 Å². The van der Waals surface area contributed by atoms with E-state index in [1.807, 2.05) is 13.0 Å². The van der Waals surface area contributed by atoms with Crippen molar-refractivity contribution in [1.82, 2.24) is 0 Å². The van der Waals surface area contributed by atoms with Gasteiger partial charge in [0.05, 0.1) is 29.6 Å². The number of halogens is 6. The second kappa shape index (κ2) is 23.6. The summed E-state index contributed by atoms with van der Waals surface area (Å²) in [5, 5.41) is 0.874. The van der Waals surface area contributed by atoms with E-state index in [2.05, 4.69) is 13.5 Å². The Hall–Kier alpha value is -6.02. The van der Waals surface area contributed by atoms with Crippen LogP contribution in [0, 0.1) is 5.82 Å². The first-order chi connectivity index (χ1) is 32.2. The van der Waals surface area contributed by atoms with E-state index in [1.165, 1.54) is 36.6 Å². The van der Waals surface area contributed by atoms with Gasteiger partial charge in [-0.15, -0.1) is 0 Å². The van der Waals surface area contributed by atoms with Crippen LogP contribution in [0.2, 0.25) is 0 Å². The van der Waals surface area contributed by atoms with E-state index in [-0.39, 0.29) is 90.6 Å². The maximum Gasteiger partial charge on any atom is 0.417 e. The highest BCUT2D eigenvalue weighted by molar-refractivity contribution is 5.84. The van der Waals surface area contributed by atoms with Gasteiger partial charge in [-0.1, -0.05) is 70.4 Å². The van der Waals surface area contributed by atoms with Gasteiger partial charge in [-0.25, -0.2) is 22.8 Å². The van der Waals surface area contributed by atoms with Gasteiger partial charge in [0.2, 0.25) is 5.92 Å². The van der Waals surface area contributed by atoms with E-state index in [0.29, 0.717) is 22.8 Å². The summed E-state index contributed by atoms with van der Waals surface area (Å²) in [4.78, 5) is 26.4. The average molecular weight is 935 g/mol. The zero-order valence-corrected chi connectivity index (χ0v) is 37.8. The van der Waals surface area contributed by atoms with Crippen molar-refractivity contribution in [3.63, 3.8) is 0 Å². The predicted octanol–water partition coefficient (Wildman–Crippen LogP) is 14.1. The van der Waals surface area contributed by atoms with Gasteiger partial charge < -0.3 is 27.8 Å². The minimum Gasteiger partial charge on any atom is -0.502 e. The van der Waals surface area contributed by atoms with Gasteiger partial charge in [-0.3, -0.25) is 0 Å². The van der Waals surface area contributed by atoms with Crippen molar-refractivity contribution in [2.45, 2.75) is 109 Å². The molecule has 2 aromatic heterocycles. The molecule has 14 heteroatoms. The molecule has 0 spiro atoms. The van der Waals surface area contributed by atoms with E-state index in [0.717, 1.165) is 56.6 Å². The number of aryl methyl sites for hydroxylation is 2. The molecule has 0 fully saturated rings. The van der Waals surface area contributed by atoms with Crippen LogP contribution >= 0.6 is 0 Å². The number of hydrogen-bond donors (Lipinski definition) is 0. The SMILES string of the molecule is C=COCCCC(F)(F)CCCOC(COc1ccc2cc(-c3ccc(CCCCC)cc3F)c(=O)oc2c1)COc1ccc2cc(-c3ccc(CCCCC)cc3C(F)(F)F)c(=O)oc2c1. The highest BCUT2D eigenvalue weighted by Crippen LogP contribution is 2.38. The van der Waals surface area contributed by atoms with Crippen molar-refractivity contribution in [3.05, 3.63) is 141 Å². The number of hydrogen-bond acceptors (Lipinski definition) is 8. The molecule has 8 nitrogen and oxygen atoms in total. The summed E-state index contributed by atoms with van der Waals surface area (Å²) >= 11 is 0. The molecule has 67 heavy (non-hydrogen) atoms. The van der Waals surface area contributed by atoms with Crippen LogP contribution in [-0.2, 0) is 28.5 Å². The number of rotatable bonds is 26. The molecule has 1 atom stereocenters. The van der Waals surface area contributed by atoms with Gasteiger partial charge in [0.1, 0.15) is 47.8 Å². The molecule has 6 aromatic rings. The monoisotopic (exact) mass is 934 g/mol. The third-order valence-electron chi connectivity index (χ3n) is 11.4. The van der Waals surface area contributed by atoms with Crippen molar-refractivity contribution in [1.29, 1.82) is 0 Å². The number of ether oxygens (including phenoxy) is 4. The molecule has 0 saturated carbocycles. The van der Waals surface area contributed by atoms with Crippen LogP contribution in [0.1, 0.15) is 94.7 Å². The minimum absolute atomic E-state index is 0.0125. The predicted molar refractivity (Wildman–Crippen MR) is 248 cm³/mol. The van der Waals surface area contributed by atoms with Gasteiger partial charge >= 0.3 is 17.4 Å². The summed E-state index contributed by atoms with van der Waals surface area (Å²) in [5.74, 6) is -2.95. The van der Waals surface area contributed by atoms with Gasteiger partial charge in [-0.2, -0.15) is 13.2 Å². The molecule has 4 aromatic carbocycles. The van der Waals surface area contributed by atoms with Crippen LogP contribution in [0.3, 0.4) is 0 Å². The molecule has 0 amide bonds. The van der Waals surface area contributed by atoms with Crippen LogP contribution in [0.4, 0.5) is 26.3 Å². The zero-order chi connectivity index (χ0) is 48.0. The Bertz CT molecular complexity index is 2710. The topological polar surface area (TPSA) is 97.3 Å². The molecule has 0 bridgehead atoms. The van der Waals surface area contributed by atoms with Gasteiger partial charge in [-0.05, 0) is 98.2 Å². The number of benzene rings is 4. The first-order valence-corrected chi connectivity index (χ1v) is 22.8. The molecule has 0 aliphatic carbocycles. The summed E-state index contributed by atoms with van der Waals surface area (Å²) in [6.07, 6.45) is 1.80. The first kappa shape index (κ1) is 50.4. The second-order valence-corrected chi connectivity index (χ2v) is 16.6. The fourth-order valence-corrected chi connectivity index (χ4v) is 7.77. The summed E-state index contributed by atoms with van der Waals surface area (Å²) in [6.45, 7) is 7.28. The third kappa shape index (κ3) is 14.2. The largest absolute Gasteiger partial charge is 0.502 e. The Labute approximate surface area is 385 Å². The molecule has 1 unspecified atom stereocenters. The Morgan fingerprint density at radius 2 is 1.13 bits per heavy atom. The summed E-state index contributed by atoms with van der Waals surface area (Å²) < 4.78 is 121. The smallest absolute Gasteiger partial charge is 0.417 e. The first-order valence-electron chi connectivity index (χ1n) is 22.8. The Morgan fingerprint density at radius 1 is 0.612 bits per heavy atom. The van der Waals surface area contributed by atoms with Crippen LogP contribution < -0.4 is 20.7 Å². The van der Waals surface area contributed by atoms with Crippen LogP contribution in [0.15, 0.2) is 116 Å². The van der Waals surface area contributed by atoms with Crippen LogP contribution in [0.25, 0.3) is 44.2 Å². The Kier molecular flexibility index (Phi) is 17.8. The number of alkyl halides is 5. The second-order valence-electron chi connectivity index (χ2n) is 16.6. The summed E-state index contributed by atoms with van der Waals surface area (Å²) in [7, 11) is 0. The fraction of sp³-hybridized carbons (Fsp3) is 0.396. The van der Waals surface area contributed by atoms with Crippen molar-refractivity contribution >= 4 is 21.9 Å². The Morgan fingerprint density at radius 3 is 1.66 bits per heavy atom. The molecular formula is C53H56F6O8. The normalized spacial score (nSPS) is 12.4. The van der Waals surface area contributed by atoms with E-state index >= 15 is 4.39 Å². The molecule has 0 aliphatic rings. The zero-order valence-electron chi connectivity index (χ0n) is 37.8. The van der Waals surface area contributed by atoms with Gasteiger partial charge in [0, 0.05) is 53.5 Å². The highest BCUT2D eigenvalue weighted by atomic mass is 19.4. The lowest BCUT2D eigenvalue weighted by Gasteiger charge is -2.21. The molecule has 0 aliphatic heterocycles. The lowest BCUT2D eigenvalue weighted by molar-refractivity contribution is -0.137. The van der Waals surface area contributed by atoms with E-state index in [9.17, 15) is 31.5 Å². The van der Waals surface area contributed by atoms with Gasteiger partial charge in [0.15, 0.2) is 0 Å². The van der Waals surface area contributed by atoms with Crippen LogP contribution in [-0.4, -0.2) is 38.5 Å². The molecule has 6 rings (SSSR count). The lowest BCUT2D eigenvalue weighted by Crippen LogP contribution is -2.29. The van der Waals surface area contributed by atoms with Crippen molar-refractivity contribution < 1.29 is 54.1 Å². The van der Waals surface area contributed by atoms with E-state index in [1.54, 1.807) is 42.5 Å². The summed E-state index contributed by atoms with van der Waals surface area (Å²) in [5.41, 5.74) is -1.30. The summed E-state index contributed by atoms with van der Waals surface area (Å²) in [6, 6.07) is 21.1. The van der Waals surface area contributed by atoms with Crippen molar-refractivity contribution in [2.24, 2.45) is 0 Å². The number of unbranched alkanes of at least 4 members (excludes halogenated alkanes) is 4. The van der Waals surface area contributed by atoms with E-state index in [4.69, 9.17) is 27.8 Å². The molecule has 0 N–H and O–H groups in total. The quantitative estimate of drug-likeness (QED) is 0.0230. The number of fused-ring (bicyclic) bond motifs is 2.